The number of alkyl carbamates (subject to hydrolysis) is 1. The molecule has 0 aromatic carbocycles. The first kappa shape index (κ1) is 5.37. The molecular weight excluding hydrogens is 110 g/mol. The molecule has 1 heterocycles. The molecule has 0 aliphatic carbocycles. The molecule has 1 amide bonds. The first-order chi connectivity index (χ1) is 3.70. The summed E-state index contributed by atoms with van der Waals surface area (Å²) in [4.78, 5) is 10.2. The first-order valence-electron chi connectivity index (χ1n) is 2.35. The summed E-state index contributed by atoms with van der Waals surface area (Å²) in [5, 5.41) is 10.9. The van der Waals surface area contributed by atoms with E-state index in [1.165, 1.54) is 0 Å². The lowest BCUT2D eigenvalue weighted by atomic mass is 10.4. The van der Waals surface area contributed by atoms with Crippen LogP contribution in [0, 0.1) is 0 Å². The predicted octanol–water partition coefficient (Wildman–Crippen LogP) is -0.567. The van der Waals surface area contributed by atoms with Gasteiger partial charge in [-0.15, -0.1) is 0 Å². The smallest absolute Gasteiger partial charge is 0.409 e. The minimum absolute atomic E-state index is 0.414. The van der Waals surface area contributed by atoms with Crippen molar-refractivity contribution in [3.63, 3.8) is 0 Å². The van der Waals surface area contributed by atoms with Gasteiger partial charge in [0.15, 0.2) is 6.23 Å². The lowest BCUT2D eigenvalue weighted by Crippen LogP contribution is -2.28. The van der Waals surface area contributed by atoms with Gasteiger partial charge >= 0.3 is 6.09 Å². The van der Waals surface area contributed by atoms with E-state index in [4.69, 9.17) is 5.11 Å². The largest absolute Gasteiger partial charge is 0.442 e. The Morgan fingerprint density at radius 2 is 2.50 bits per heavy atom. The molecule has 1 fully saturated rings. The lowest BCUT2D eigenvalue weighted by Gasteiger charge is -2.01. The van der Waals surface area contributed by atoms with Gasteiger partial charge in [-0.1, -0.05) is 0 Å². The summed E-state index contributed by atoms with van der Waals surface area (Å²) in [6.07, 6.45) is -1.80. The number of rotatable bonds is 0. The highest BCUT2D eigenvalue weighted by Gasteiger charge is 2.27. The minimum Gasteiger partial charge on any atom is -0.442 e. The van der Waals surface area contributed by atoms with Crippen LogP contribution in [0.25, 0.3) is 0 Å². The van der Waals surface area contributed by atoms with E-state index in [-0.39, 0.29) is 0 Å². The quantitative estimate of drug-likeness (QED) is 0.447. The molecule has 1 rings (SSSR count). The van der Waals surface area contributed by atoms with Crippen molar-refractivity contribution < 1.29 is 14.6 Å². The third-order valence-electron chi connectivity index (χ3n) is 1.00. The molecule has 4 heteroatoms. The van der Waals surface area contributed by atoms with Crippen LogP contribution in [0.1, 0.15) is 6.92 Å². The van der Waals surface area contributed by atoms with Crippen molar-refractivity contribution in [2.24, 2.45) is 0 Å². The highest BCUT2D eigenvalue weighted by Crippen LogP contribution is 2.03. The van der Waals surface area contributed by atoms with Crippen molar-refractivity contribution in [1.82, 2.24) is 5.32 Å². The molecule has 2 unspecified atom stereocenters. The molecule has 4 nitrogen and oxygen atoms in total. The van der Waals surface area contributed by atoms with Crippen molar-refractivity contribution in [3.05, 3.63) is 0 Å². The van der Waals surface area contributed by atoms with Crippen LogP contribution in [-0.2, 0) is 4.74 Å². The van der Waals surface area contributed by atoms with Crippen LogP contribution in [-0.4, -0.2) is 23.5 Å². The van der Waals surface area contributed by atoms with Gasteiger partial charge in [0, 0.05) is 0 Å². The van der Waals surface area contributed by atoms with E-state index in [0.29, 0.717) is 0 Å². The van der Waals surface area contributed by atoms with Crippen LogP contribution in [0.5, 0.6) is 0 Å². The van der Waals surface area contributed by atoms with Gasteiger partial charge in [-0.25, -0.2) is 4.79 Å². The highest BCUT2D eigenvalue weighted by atomic mass is 16.6. The van der Waals surface area contributed by atoms with Crippen molar-refractivity contribution in [1.29, 1.82) is 0 Å². The number of cyclic esters (lactones) is 1. The number of aliphatic hydroxyl groups is 1. The standard InChI is InChI=1S/C4H7NO3/c1-2-3(6)5-4(7)8-2/h2-3,6H,1H3,(H,5,7). The maximum atomic E-state index is 10.2. The van der Waals surface area contributed by atoms with E-state index in [1.54, 1.807) is 6.92 Å². The summed E-state index contributed by atoms with van der Waals surface area (Å²) in [6.45, 7) is 1.61. The Morgan fingerprint density at radius 1 is 1.88 bits per heavy atom. The summed E-state index contributed by atoms with van der Waals surface area (Å²) in [6, 6.07) is 0. The van der Waals surface area contributed by atoms with Crippen LogP contribution in [0.3, 0.4) is 0 Å². The van der Waals surface area contributed by atoms with Gasteiger partial charge in [-0.2, -0.15) is 0 Å². The second-order valence-electron chi connectivity index (χ2n) is 1.70. The van der Waals surface area contributed by atoms with Crippen LogP contribution in [0.4, 0.5) is 4.79 Å². The summed E-state index contributed by atoms with van der Waals surface area (Å²) in [5.74, 6) is 0. The Labute approximate surface area is 46.4 Å². The number of hydrogen-bond donors (Lipinski definition) is 2. The van der Waals surface area contributed by atoms with E-state index < -0.39 is 18.4 Å². The molecule has 0 aromatic heterocycles. The Hall–Kier alpha value is -0.770. The summed E-state index contributed by atoms with van der Waals surface area (Å²) in [7, 11) is 0. The van der Waals surface area contributed by atoms with E-state index >= 15 is 0 Å². The summed E-state index contributed by atoms with van der Waals surface area (Å²) in [5.41, 5.74) is 0. The number of carbonyl (C=O) groups is 1. The van der Waals surface area contributed by atoms with Crippen LogP contribution >= 0.6 is 0 Å². The van der Waals surface area contributed by atoms with Crippen molar-refractivity contribution in [3.8, 4) is 0 Å². The van der Waals surface area contributed by atoms with Crippen molar-refractivity contribution >= 4 is 6.09 Å². The van der Waals surface area contributed by atoms with Gasteiger partial charge in [0.1, 0.15) is 6.10 Å². The third-order valence-corrected chi connectivity index (χ3v) is 1.00. The van der Waals surface area contributed by atoms with Gasteiger partial charge in [0.05, 0.1) is 0 Å². The Balaban J connectivity index is 2.51. The number of nitrogens with one attached hydrogen (secondary N) is 1. The average molecular weight is 117 g/mol. The minimum atomic E-state index is -0.831. The van der Waals surface area contributed by atoms with E-state index in [9.17, 15) is 4.79 Å². The number of amides is 1. The normalized spacial score (nSPS) is 36.5. The Bertz CT molecular complexity index is 102. The number of aliphatic hydroxyl groups excluding tert-OH is 1. The molecule has 0 aromatic rings. The van der Waals surface area contributed by atoms with Crippen molar-refractivity contribution in [2.75, 3.05) is 0 Å². The molecule has 2 atom stereocenters. The van der Waals surface area contributed by atoms with E-state index in [1.807, 2.05) is 0 Å². The van der Waals surface area contributed by atoms with E-state index in [0.717, 1.165) is 0 Å². The predicted molar refractivity (Wildman–Crippen MR) is 25.1 cm³/mol. The van der Waals surface area contributed by atoms with Crippen molar-refractivity contribution in [2.45, 2.75) is 19.3 Å². The van der Waals surface area contributed by atoms with Gasteiger partial charge in [0.25, 0.3) is 0 Å². The number of hydrogen-bond acceptors (Lipinski definition) is 3. The molecule has 0 radical (unpaired) electrons. The van der Waals surface area contributed by atoms with Gasteiger partial charge in [0.2, 0.25) is 0 Å². The monoisotopic (exact) mass is 117 g/mol. The summed E-state index contributed by atoms with van der Waals surface area (Å²) >= 11 is 0. The maximum Gasteiger partial charge on any atom is 0.409 e. The zero-order valence-electron chi connectivity index (χ0n) is 4.42. The first-order valence-corrected chi connectivity index (χ1v) is 2.35. The molecule has 2 N–H and O–H groups in total. The van der Waals surface area contributed by atoms with Crippen LogP contribution in [0.2, 0.25) is 0 Å². The lowest BCUT2D eigenvalue weighted by molar-refractivity contribution is 0.0685. The molecule has 46 valence electrons. The van der Waals surface area contributed by atoms with Crippen LogP contribution in [0.15, 0.2) is 0 Å². The van der Waals surface area contributed by atoms with Gasteiger partial charge in [-0.05, 0) is 6.92 Å². The zero-order valence-corrected chi connectivity index (χ0v) is 4.42. The maximum absolute atomic E-state index is 10.2. The number of ether oxygens (including phenoxy) is 1. The molecule has 0 saturated carbocycles. The highest BCUT2D eigenvalue weighted by molar-refractivity contribution is 5.69. The SMILES string of the molecule is CC1OC(=O)NC1O. The fourth-order valence-corrected chi connectivity index (χ4v) is 0.505. The Morgan fingerprint density at radius 3 is 2.62 bits per heavy atom. The Kier molecular flexibility index (Phi) is 1.09. The molecule has 1 saturated heterocycles. The molecular formula is C4H7NO3. The summed E-state index contributed by atoms with van der Waals surface area (Å²) < 4.78 is 4.47. The third kappa shape index (κ3) is 0.742. The van der Waals surface area contributed by atoms with Gasteiger partial charge in [-0.3, -0.25) is 5.32 Å². The fraction of sp³-hybridized carbons (Fsp3) is 0.750. The van der Waals surface area contributed by atoms with Gasteiger partial charge < -0.3 is 9.84 Å². The molecule has 0 bridgehead atoms. The van der Waals surface area contributed by atoms with Crippen LogP contribution < -0.4 is 5.32 Å². The topological polar surface area (TPSA) is 58.6 Å². The molecule has 1 aliphatic rings. The zero-order chi connectivity index (χ0) is 6.15. The molecule has 0 spiro atoms. The second-order valence-corrected chi connectivity index (χ2v) is 1.70. The molecule has 1 aliphatic heterocycles. The second kappa shape index (κ2) is 1.63. The van der Waals surface area contributed by atoms with E-state index in [2.05, 4.69) is 10.1 Å². The number of carbonyl (C=O) groups excluding carboxylic acids is 1. The fourth-order valence-electron chi connectivity index (χ4n) is 0.505. The average Bonchev–Trinajstić information content (AvgIpc) is 1.85. The molecule has 8 heavy (non-hydrogen) atoms.